The maximum Gasteiger partial charge on any atom is 0.123 e. The Kier molecular flexibility index (Phi) is 7.22. The van der Waals surface area contributed by atoms with Crippen LogP contribution in [0.2, 0.25) is 0 Å². The predicted molar refractivity (Wildman–Crippen MR) is 73.7 cm³/mol. The van der Waals surface area contributed by atoms with E-state index < -0.39 is 0 Å². The highest BCUT2D eigenvalue weighted by atomic mass is 16.5. The first-order chi connectivity index (χ1) is 8.80. The molecular formula is C14H24N2O2. The third-order valence-corrected chi connectivity index (χ3v) is 2.96. The van der Waals surface area contributed by atoms with Crippen molar-refractivity contribution in [1.29, 1.82) is 0 Å². The molecule has 0 saturated heterocycles. The van der Waals surface area contributed by atoms with E-state index in [-0.39, 0.29) is 0 Å². The first kappa shape index (κ1) is 14.8. The van der Waals surface area contributed by atoms with Crippen LogP contribution in [-0.2, 0) is 0 Å². The number of rotatable bonds is 9. The van der Waals surface area contributed by atoms with E-state index in [1.165, 1.54) is 0 Å². The van der Waals surface area contributed by atoms with Gasteiger partial charge in [0.15, 0.2) is 0 Å². The van der Waals surface area contributed by atoms with Gasteiger partial charge in [-0.3, -0.25) is 11.3 Å². The third-order valence-electron chi connectivity index (χ3n) is 2.96. The van der Waals surface area contributed by atoms with Gasteiger partial charge in [0.2, 0.25) is 0 Å². The van der Waals surface area contributed by atoms with Crippen molar-refractivity contribution in [3.05, 3.63) is 24.3 Å². The van der Waals surface area contributed by atoms with Crippen LogP contribution < -0.4 is 20.7 Å². The van der Waals surface area contributed by atoms with Gasteiger partial charge < -0.3 is 9.47 Å². The number of nitrogens with one attached hydrogen (secondary N) is 1. The molecule has 0 spiro atoms. The predicted octanol–water partition coefficient (Wildman–Crippen LogP) is 2.34. The Morgan fingerprint density at radius 3 is 2.44 bits per heavy atom. The lowest BCUT2D eigenvalue weighted by Gasteiger charge is -2.14. The SMILES string of the molecule is CCC(CC)COc1cccc(OCCNN)c1. The molecule has 0 heterocycles. The molecule has 0 atom stereocenters. The average molecular weight is 252 g/mol. The van der Waals surface area contributed by atoms with Gasteiger partial charge >= 0.3 is 0 Å². The normalized spacial score (nSPS) is 10.7. The summed E-state index contributed by atoms with van der Waals surface area (Å²) >= 11 is 0. The quantitative estimate of drug-likeness (QED) is 0.402. The van der Waals surface area contributed by atoms with E-state index >= 15 is 0 Å². The standard InChI is InChI=1S/C14H24N2O2/c1-3-12(4-2)11-18-14-7-5-6-13(10-14)17-9-8-16-15/h5-7,10,12,16H,3-4,8-9,11,15H2,1-2H3. The number of hydrogen-bond donors (Lipinski definition) is 2. The van der Waals surface area contributed by atoms with Gasteiger partial charge in [-0.15, -0.1) is 0 Å². The lowest BCUT2D eigenvalue weighted by Crippen LogP contribution is -2.27. The van der Waals surface area contributed by atoms with Crippen LogP contribution in [0, 0.1) is 5.92 Å². The van der Waals surface area contributed by atoms with E-state index in [1.807, 2.05) is 24.3 Å². The average Bonchev–Trinajstić information content (AvgIpc) is 2.41. The van der Waals surface area contributed by atoms with E-state index in [1.54, 1.807) is 0 Å². The zero-order chi connectivity index (χ0) is 13.2. The van der Waals surface area contributed by atoms with Crippen LogP contribution in [0.1, 0.15) is 26.7 Å². The van der Waals surface area contributed by atoms with Crippen LogP contribution in [0.4, 0.5) is 0 Å². The topological polar surface area (TPSA) is 56.5 Å². The van der Waals surface area contributed by atoms with Crippen molar-refractivity contribution < 1.29 is 9.47 Å². The molecule has 4 heteroatoms. The molecule has 0 aliphatic rings. The summed E-state index contributed by atoms with van der Waals surface area (Å²) in [6.07, 6.45) is 2.30. The summed E-state index contributed by atoms with van der Waals surface area (Å²) in [5.74, 6) is 7.47. The summed E-state index contributed by atoms with van der Waals surface area (Å²) in [5, 5.41) is 0. The molecule has 1 aromatic rings. The monoisotopic (exact) mass is 252 g/mol. The Balaban J connectivity index is 2.43. The highest BCUT2D eigenvalue weighted by Crippen LogP contribution is 2.20. The number of benzene rings is 1. The Hall–Kier alpha value is -1.26. The van der Waals surface area contributed by atoms with Crippen LogP contribution in [0.3, 0.4) is 0 Å². The van der Waals surface area contributed by atoms with Gasteiger partial charge in [0.25, 0.3) is 0 Å². The molecule has 0 aliphatic carbocycles. The Bertz CT molecular complexity index is 327. The maximum atomic E-state index is 5.78. The lowest BCUT2D eigenvalue weighted by molar-refractivity contribution is 0.238. The largest absolute Gasteiger partial charge is 0.493 e. The molecule has 0 aliphatic heterocycles. The van der Waals surface area contributed by atoms with Crippen molar-refractivity contribution in [2.75, 3.05) is 19.8 Å². The van der Waals surface area contributed by atoms with Crippen LogP contribution in [0.15, 0.2) is 24.3 Å². The van der Waals surface area contributed by atoms with E-state index in [2.05, 4.69) is 19.3 Å². The highest BCUT2D eigenvalue weighted by molar-refractivity contribution is 5.32. The lowest BCUT2D eigenvalue weighted by atomic mass is 10.1. The second kappa shape index (κ2) is 8.78. The van der Waals surface area contributed by atoms with Crippen LogP contribution >= 0.6 is 0 Å². The zero-order valence-corrected chi connectivity index (χ0v) is 11.3. The van der Waals surface area contributed by atoms with E-state index in [0.717, 1.165) is 30.9 Å². The van der Waals surface area contributed by atoms with Gasteiger partial charge in [-0.25, -0.2) is 0 Å². The van der Waals surface area contributed by atoms with Crippen molar-refractivity contribution >= 4 is 0 Å². The fourth-order valence-corrected chi connectivity index (χ4v) is 1.62. The number of hydrazine groups is 1. The van der Waals surface area contributed by atoms with Gasteiger partial charge in [-0.05, 0) is 18.1 Å². The van der Waals surface area contributed by atoms with Crippen LogP contribution in [0.25, 0.3) is 0 Å². The summed E-state index contributed by atoms with van der Waals surface area (Å²) in [6.45, 7) is 6.32. The second-order valence-electron chi connectivity index (χ2n) is 4.27. The molecule has 102 valence electrons. The van der Waals surface area contributed by atoms with Crippen molar-refractivity contribution in [3.8, 4) is 11.5 Å². The van der Waals surface area contributed by atoms with Gasteiger partial charge in [0, 0.05) is 12.6 Å². The summed E-state index contributed by atoms with van der Waals surface area (Å²) in [6, 6.07) is 7.73. The van der Waals surface area contributed by atoms with Gasteiger partial charge in [-0.1, -0.05) is 32.8 Å². The van der Waals surface area contributed by atoms with Gasteiger partial charge in [0.05, 0.1) is 6.61 Å². The Labute approximate surface area is 109 Å². The van der Waals surface area contributed by atoms with Crippen molar-refractivity contribution in [3.63, 3.8) is 0 Å². The molecule has 0 bridgehead atoms. The van der Waals surface area contributed by atoms with Crippen molar-refractivity contribution in [2.45, 2.75) is 26.7 Å². The van der Waals surface area contributed by atoms with E-state index in [0.29, 0.717) is 19.1 Å². The fourth-order valence-electron chi connectivity index (χ4n) is 1.62. The minimum Gasteiger partial charge on any atom is -0.493 e. The third kappa shape index (κ3) is 5.38. The fraction of sp³-hybridized carbons (Fsp3) is 0.571. The minimum absolute atomic E-state index is 0.548. The number of nitrogens with two attached hydrogens (primary N) is 1. The van der Waals surface area contributed by atoms with Crippen molar-refractivity contribution in [1.82, 2.24) is 5.43 Å². The summed E-state index contributed by atoms with van der Waals surface area (Å²) < 4.78 is 11.3. The second-order valence-corrected chi connectivity index (χ2v) is 4.27. The van der Waals surface area contributed by atoms with Crippen LogP contribution in [-0.4, -0.2) is 19.8 Å². The first-order valence-electron chi connectivity index (χ1n) is 6.59. The van der Waals surface area contributed by atoms with E-state index in [9.17, 15) is 0 Å². The van der Waals surface area contributed by atoms with Crippen molar-refractivity contribution in [2.24, 2.45) is 11.8 Å². The highest BCUT2D eigenvalue weighted by Gasteiger charge is 2.05. The Morgan fingerprint density at radius 1 is 1.17 bits per heavy atom. The van der Waals surface area contributed by atoms with Gasteiger partial charge in [-0.2, -0.15) is 0 Å². The smallest absolute Gasteiger partial charge is 0.123 e. The maximum absolute atomic E-state index is 5.78. The first-order valence-corrected chi connectivity index (χ1v) is 6.59. The summed E-state index contributed by atoms with van der Waals surface area (Å²) in [5.41, 5.74) is 2.55. The molecule has 0 unspecified atom stereocenters. The van der Waals surface area contributed by atoms with E-state index in [4.69, 9.17) is 15.3 Å². The number of ether oxygens (including phenoxy) is 2. The summed E-state index contributed by atoms with van der Waals surface area (Å²) in [4.78, 5) is 0. The summed E-state index contributed by atoms with van der Waals surface area (Å²) in [7, 11) is 0. The molecule has 18 heavy (non-hydrogen) atoms. The number of hydrogen-bond acceptors (Lipinski definition) is 4. The molecular weight excluding hydrogens is 228 g/mol. The molecule has 4 nitrogen and oxygen atoms in total. The molecule has 0 saturated carbocycles. The molecule has 1 rings (SSSR count). The minimum atomic E-state index is 0.548. The molecule has 0 aromatic heterocycles. The van der Waals surface area contributed by atoms with Crippen LogP contribution in [0.5, 0.6) is 11.5 Å². The molecule has 3 N–H and O–H groups in total. The molecule has 1 aromatic carbocycles. The zero-order valence-electron chi connectivity index (χ0n) is 11.3. The molecule has 0 radical (unpaired) electrons. The Morgan fingerprint density at radius 2 is 1.83 bits per heavy atom. The molecule has 0 fully saturated rings. The molecule has 0 amide bonds. The van der Waals surface area contributed by atoms with Gasteiger partial charge in [0.1, 0.15) is 18.1 Å².